The number of nitrogens with one attached hydrogen (secondary N) is 1. The van der Waals surface area contributed by atoms with Crippen molar-refractivity contribution < 1.29 is 22.7 Å². The van der Waals surface area contributed by atoms with Gasteiger partial charge in [-0.15, -0.1) is 13.2 Å². The first-order valence-electron chi connectivity index (χ1n) is 9.70. The fourth-order valence-electron chi connectivity index (χ4n) is 2.92. The molecule has 0 aliphatic heterocycles. The Hall–Kier alpha value is -3.94. The number of nitrogens with two attached hydrogens (primary N) is 1. The molecule has 5 nitrogen and oxygen atoms in total. The van der Waals surface area contributed by atoms with E-state index in [1.165, 1.54) is 35.2 Å². The Bertz CT molecular complexity index is 1080. The summed E-state index contributed by atoms with van der Waals surface area (Å²) in [5.74, 6) is -0.471. The van der Waals surface area contributed by atoms with Gasteiger partial charge in [0.2, 0.25) is 0 Å². The molecule has 0 radical (unpaired) electrons. The Kier molecular flexibility index (Phi) is 7.04. The van der Waals surface area contributed by atoms with Crippen LogP contribution < -0.4 is 20.7 Å². The van der Waals surface area contributed by atoms with Crippen molar-refractivity contribution in [3.8, 4) is 5.75 Å². The summed E-state index contributed by atoms with van der Waals surface area (Å²) in [5.41, 5.74) is 9.56. The third-order valence-corrected chi connectivity index (χ3v) is 4.61. The van der Waals surface area contributed by atoms with Crippen molar-refractivity contribution in [2.45, 2.75) is 12.9 Å². The van der Waals surface area contributed by atoms with Crippen LogP contribution in [-0.4, -0.2) is 19.3 Å². The van der Waals surface area contributed by atoms with E-state index in [1.807, 2.05) is 30.3 Å². The van der Waals surface area contributed by atoms with E-state index in [4.69, 9.17) is 5.73 Å². The van der Waals surface area contributed by atoms with Crippen molar-refractivity contribution in [3.63, 3.8) is 0 Å². The number of hydrogen-bond donors (Lipinski definition) is 2. The van der Waals surface area contributed by atoms with Gasteiger partial charge in [-0.2, -0.15) is 0 Å². The summed E-state index contributed by atoms with van der Waals surface area (Å²) in [4.78, 5) is 13.9. The number of rotatable bonds is 7. The lowest BCUT2D eigenvalue weighted by Crippen LogP contribution is -2.24. The number of alkyl halides is 3. The zero-order valence-corrected chi connectivity index (χ0v) is 17.3. The van der Waals surface area contributed by atoms with Crippen LogP contribution in [0.2, 0.25) is 0 Å². The van der Waals surface area contributed by atoms with Gasteiger partial charge in [-0.1, -0.05) is 36.4 Å². The molecular formula is C24H22F3N3O2. The van der Waals surface area contributed by atoms with Crippen molar-refractivity contribution >= 4 is 29.0 Å². The highest BCUT2D eigenvalue weighted by Gasteiger charge is 2.30. The van der Waals surface area contributed by atoms with Crippen molar-refractivity contribution in [1.29, 1.82) is 0 Å². The first kappa shape index (κ1) is 22.7. The summed E-state index contributed by atoms with van der Waals surface area (Å²) in [5, 5.41) is 3.13. The number of benzene rings is 3. The molecule has 3 rings (SSSR count). The number of nitrogen functional groups attached to an aromatic ring is 1. The largest absolute Gasteiger partial charge is 0.573 e. The number of para-hydroxylation sites is 2. The van der Waals surface area contributed by atoms with E-state index in [0.717, 1.165) is 11.1 Å². The monoisotopic (exact) mass is 441 g/mol. The quantitative estimate of drug-likeness (QED) is 0.378. The van der Waals surface area contributed by atoms with E-state index in [9.17, 15) is 18.0 Å². The summed E-state index contributed by atoms with van der Waals surface area (Å²) in [6, 6.07) is 20.2. The molecule has 3 aromatic carbocycles. The number of hydrogen-bond acceptors (Lipinski definition) is 4. The topological polar surface area (TPSA) is 67.6 Å². The van der Waals surface area contributed by atoms with Crippen molar-refractivity contribution in [1.82, 2.24) is 0 Å². The average molecular weight is 441 g/mol. The van der Waals surface area contributed by atoms with Crippen LogP contribution in [-0.2, 0) is 11.3 Å². The molecule has 0 heterocycles. The van der Waals surface area contributed by atoms with Gasteiger partial charge in [0.1, 0.15) is 5.75 Å². The van der Waals surface area contributed by atoms with Gasteiger partial charge < -0.3 is 20.7 Å². The van der Waals surface area contributed by atoms with Crippen molar-refractivity contribution in [2.75, 3.05) is 23.0 Å². The molecule has 32 heavy (non-hydrogen) atoms. The van der Waals surface area contributed by atoms with E-state index in [1.54, 1.807) is 31.3 Å². The summed E-state index contributed by atoms with van der Waals surface area (Å²) in [7, 11) is 1.66. The average Bonchev–Trinajstić information content (AvgIpc) is 2.76. The summed E-state index contributed by atoms with van der Waals surface area (Å²) in [6.45, 7) is 0.485. The third-order valence-electron chi connectivity index (χ3n) is 4.61. The number of carbonyl (C=O) groups excluding carboxylic acids is 1. The van der Waals surface area contributed by atoms with Crippen LogP contribution >= 0.6 is 0 Å². The number of nitrogens with zero attached hydrogens (tertiary/aromatic N) is 1. The normalized spacial score (nSPS) is 11.4. The number of ether oxygens (including phenoxy) is 1. The van der Waals surface area contributed by atoms with Gasteiger partial charge in [0.05, 0.1) is 11.4 Å². The number of amides is 1. The Morgan fingerprint density at radius 2 is 1.69 bits per heavy atom. The molecule has 0 aliphatic carbocycles. The molecule has 1 amide bonds. The van der Waals surface area contributed by atoms with Gasteiger partial charge >= 0.3 is 6.36 Å². The second-order valence-electron chi connectivity index (χ2n) is 6.96. The predicted molar refractivity (Wildman–Crippen MR) is 120 cm³/mol. The van der Waals surface area contributed by atoms with Gasteiger partial charge in [0.15, 0.2) is 0 Å². The number of anilines is 3. The zero-order valence-electron chi connectivity index (χ0n) is 17.3. The molecule has 166 valence electrons. The second-order valence-corrected chi connectivity index (χ2v) is 6.96. The number of halogens is 3. The van der Waals surface area contributed by atoms with Gasteiger partial charge in [-0.3, -0.25) is 4.79 Å². The zero-order chi connectivity index (χ0) is 23.1. The number of likely N-dealkylation sites (N-methyl/N-ethyl adjacent to an activating group) is 1. The molecule has 0 aliphatic rings. The highest BCUT2D eigenvalue weighted by atomic mass is 19.4. The maximum atomic E-state index is 12.4. The lowest BCUT2D eigenvalue weighted by Gasteiger charge is -2.17. The van der Waals surface area contributed by atoms with E-state index in [0.29, 0.717) is 23.6 Å². The molecular weight excluding hydrogens is 419 g/mol. The highest BCUT2D eigenvalue weighted by Crippen LogP contribution is 2.24. The minimum atomic E-state index is -4.71. The molecule has 3 aromatic rings. The fraction of sp³-hybridized carbons (Fsp3) is 0.125. The molecule has 0 saturated carbocycles. The van der Waals surface area contributed by atoms with Crippen LogP contribution in [0.15, 0.2) is 78.9 Å². The Balaban J connectivity index is 1.53. The molecule has 0 spiro atoms. The minimum absolute atomic E-state index is 0.202. The van der Waals surface area contributed by atoms with E-state index < -0.39 is 6.36 Å². The van der Waals surface area contributed by atoms with Crippen molar-refractivity contribution in [3.05, 3.63) is 90.0 Å². The molecule has 0 atom stereocenters. The predicted octanol–water partition coefficient (Wildman–Crippen LogP) is 5.46. The van der Waals surface area contributed by atoms with Crippen LogP contribution in [0.1, 0.15) is 11.1 Å². The summed E-state index contributed by atoms with van der Waals surface area (Å²) in [6.07, 6.45) is -1.51. The molecule has 0 aromatic heterocycles. The third kappa shape index (κ3) is 6.53. The van der Waals surface area contributed by atoms with Crippen LogP contribution in [0, 0.1) is 0 Å². The maximum Gasteiger partial charge on any atom is 0.573 e. The Labute approximate surface area is 183 Å². The first-order valence-corrected chi connectivity index (χ1v) is 9.70. The van der Waals surface area contributed by atoms with Crippen molar-refractivity contribution in [2.24, 2.45) is 0 Å². The minimum Gasteiger partial charge on any atom is -0.406 e. The standard InChI is InChI=1S/C24H22F3N3O2/c1-30(22-5-3-2-4-21(22)28)23(31)15-10-17-6-8-18(9-7-17)16-29-19-11-13-20(14-12-19)32-24(25,26)27/h2-15,29H,16,28H2,1H3/b15-10+. The highest BCUT2D eigenvalue weighted by molar-refractivity contribution is 6.05. The molecule has 0 fully saturated rings. The molecule has 0 bridgehead atoms. The van der Waals surface area contributed by atoms with Crippen LogP contribution in [0.5, 0.6) is 5.75 Å². The van der Waals surface area contributed by atoms with E-state index in [-0.39, 0.29) is 11.7 Å². The molecule has 3 N–H and O–H groups in total. The first-order chi connectivity index (χ1) is 15.2. The van der Waals surface area contributed by atoms with Gasteiger partial charge in [0, 0.05) is 25.4 Å². The fourth-order valence-corrected chi connectivity index (χ4v) is 2.92. The molecule has 0 saturated heterocycles. The Morgan fingerprint density at radius 3 is 2.31 bits per heavy atom. The molecule has 0 unspecified atom stereocenters. The lowest BCUT2D eigenvalue weighted by atomic mass is 10.1. The van der Waals surface area contributed by atoms with Gasteiger partial charge in [-0.25, -0.2) is 0 Å². The summed E-state index contributed by atoms with van der Waals surface area (Å²) < 4.78 is 40.5. The summed E-state index contributed by atoms with van der Waals surface area (Å²) >= 11 is 0. The lowest BCUT2D eigenvalue weighted by molar-refractivity contribution is -0.274. The SMILES string of the molecule is CN(C(=O)/C=C/c1ccc(CNc2ccc(OC(F)(F)F)cc2)cc1)c1ccccc1N. The smallest absolute Gasteiger partial charge is 0.406 e. The van der Waals surface area contributed by atoms with Crippen LogP contribution in [0.4, 0.5) is 30.2 Å². The van der Waals surface area contributed by atoms with Gasteiger partial charge in [0.25, 0.3) is 5.91 Å². The van der Waals surface area contributed by atoms with Crippen LogP contribution in [0.3, 0.4) is 0 Å². The van der Waals surface area contributed by atoms with Crippen LogP contribution in [0.25, 0.3) is 6.08 Å². The Morgan fingerprint density at radius 1 is 1.03 bits per heavy atom. The maximum absolute atomic E-state index is 12.4. The van der Waals surface area contributed by atoms with E-state index in [2.05, 4.69) is 10.1 Å². The molecule has 8 heteroatoms. The van der Waals surface area contributed by atoms with Gasteiger partial charge in [-0.05, 0) is 53.6 Å². The second kappa shape index (κ2) is 9.91. The number of carbonyl (C=O) groups is 1. The van der Waals surface area contributed by atoms with E-state index >= 15 is 0 Å².